The number of primary sulfonamides is 1. The minimum Gasteiger partial charge on any atom is -0.377 e. The number of hydrazine groups is 1. The number of nitrogens with zero attached hydrogens (tertiary/aromatic N) is 1. The summed E-state index contributed by atoms with van der Waals surface area (Å²) in [6.07, 6.45) is -1.83. The smallest absolute Gasteiger partial charge is 0.238 e. The number of hydrogen-bond acceptors (Lipinski definition) is 6. The van der Waals surface area contributed by atoms with Crippen molar-refractivity contribution in [2.75, 3.05) is 5.43 Å². The van der Waals surface area contributed by atoms with E-state index in [2.05, 4.69) is 5.43 Å². The second-order valence-corrected chi connectivity index (χ2v) is 5.41. The molecule has 0 heterocycles. The molecule has 2 atom stereocenters. The maximum Gasteiger partial charge on any atom is 0.238 e. The number of nitrogens with one attached hydrogen (secondary N) is 1. The molecule has 7 nitrogen and oxygen atoms in total. The monoisotopic (exact) mass is 275 g/mol. The molecule has 2 unspecified atom stereocenters. The van der Waals surface area contributed by atoms with Gasteiger partial charge in [-0.25, -0.2) is 13.6 Å². The molecule has 18 heavy (non-hydrogen) atoms. The quantitative estimate of drug-likeness (QED) is 0.431. The highest BCUT2D eigenvalue weighted by Gasteiger charge is 2.16. The first-order valence-corrected chi connectivity index (χ1v) is 6.80. The van der Waals surface area contributed by atoms with Crippen LogP contribution in [0.25, 0.3) is 0 Å². The third-order valence-electron chi connectivity index (χ3n) is 2.25. The van der Waals surface area contributed by atoms with Crippen LogP contribution >= 0.6 is 0 Å². The van der Waals surface area contributed by atoms with E-state index in [1.165, 1.54) is 43.1 Å². The lowest BCUT2D eigenvalue weighted by atomic mass is 10.3. The summed E-state index contributed by atoms with van der Waals surface area (Å²) in [6, 6.07) is 5.63. The molecule has 0 fully saturated rings. The van der Waals surface area contributed by atoms with Crippen molar-refractivity contribution < 1.29 is 18.6 Å². The molecule has 0 radical (unpaired) electrons. The summed E-state index contributed by atoms with van der Waals surface area (Å²) in [6.45, 7) is 2.97. The van der Waals surface area contributed by atoms with E-state index in [-0.39, 0.29) is 4.90 Å². The number of sulfonamides is 1. The van der Waals surface area contributed by atoms with Gasteiger partial charge < -0.3 is 15.6 Å². The van der Waals surface area contributed by atoms with E-state index < -0.39 is 22.5 Å². The highest BCUT2D eigenvalue weighted by molar-refractivity contribution is 7.89. The van der Waals surface area contributed by atoms with Crippen LogP contribution in [0.2, 0.25) is 0 Å². The highest BCUT2D eigenvalue weighted by atomic mass is 32.2. The Kier molecular flexibility index (Phi) is 4.65. The summed E-state index contributed by atoms with van der Waals surface area (Å²) < 4.78 is 22.1. The molecular weight excluding hydrogens is 258 g/mol. The van der Waals surface area contributed by atoms with Gasteiger partial charge in [-0.2, -0.15) is 5.01 Å². The standard InChI is InChI=1S/C10H17N3O4S/c1-7(14)13(8(2)15)12-9-3-5-10(6-4-9)18(11,16)17/h3-8,12,14-15H,1-2H3,(H2,11,16,17). The van der Waals surface area contributed by atoms with Crippen molar-refractivity contribution in [2.45, 2.75) is 31.2 Å². The molecule has 8 heteroatoms. The molecule has 0 aromatic heterocycles. The highest BCUT2D eigenvalue weighted by Crippen LogP contribution is 2.14. The summed E-state index contributed by atoms with van der Waals surface area (Å²) in [5, 5.41) is 25.0. The molecule has 0 bridgehead atoms. The number of hydrogen-bond donors (Lipinski definition) is 4. The summed E-state index contributed by atoms with van der Waals surface area (Å²) in [4.78, 5) is -0.00584. The average Bonchev–Trinajstić information content (AvgIpc) is 2.24. The van der Waals surface area contributed by atoms with Crippen LogP contribution < -0.4 is 10.6 Å². The fourth-order valence-corrected chi connectivity index (χ4v) is 1.88. The van der Waals surface area contributed by atoms with Gasteiger partial charge in [-0.05, 0) is 38.1 Å². The fraction of sp³-hybridized carbons (Fsp3) is 0.400. The van der Waals surface area contributed by atoms with Gasteiger partial charge in [0.05, 0.1) is 4.90 Å². The molecule has 1 rings (SSSR count). The molecule has 0 aliphatic carbocycles. The molecule has 5 N–H and O–H groups in total. The molecule has 0 saturated carbocycles. The van der Waals surface area contributed by atoms with Gasteiger partial charge in [0.15, 0.2) is 0 Å². The molecule has 102 valence electrons. The van der Waals surface area contributed by atoms with E-state index in [4.69, 9.17) is 5.14 Å². The molecule has 0 amide bonds. The van der Waals surface area contributed by atoms with Gasteiger partial charge in [0.1, 0.15) is 12.5 Å². The zero-order valence-corrected chi connectivity index (χ0v) is 10.9. The van der Waals surface area contributed by atoms with Gasteiger partial charge in [-0.3, -0.25) is 0 Å². The van der Waals surface area contributed by atoms with E-state index in [0.717, 1.165) is 0 Å². The van der Waals surface area contributed by atoms with Crippen LogP contribution in [-0.2, 0) is 10.0 Å². The van der Waals surface area contributed by atoms with Crippen molar-refractivity contribution in [2.24, 2.45) is 5.14 Å². The van der Waals surface area contributed by atoms with E-state index in [1.54, 1.807) is 0 Å². The second kappa shape index (κ2) is 5.63. The number of benzene rings is 1. The molecule has 1 aromatic carbocycles. The predicted octanol–water partition coefficient (Wildman–Crippen LogP) is -0.360. The van der Waals surface area contributed by atoms with Gasteiger partial charge >= 0.3 is 0 Å². The number of aliphatic hydroxyl groups excluding tert-OH is 2. The van der Waals surface area contributed by atoms with E-state index in [1.807, 2.05) is 0 Å². The van der Waals surface area contributed by atoms with Crippen LogP contribution in [0.1, 0.15) is 13.8 Å². The van der Waals surface area contributed by atoms with Crippen molar-refractivity contribution in [3.8, 4) is 0 Å². The fourth-order valence-electron chi connectivity index (χ4n) is 1.37. The Balaban J connectivity index is 2.86. The van der Waals surface area contributed by atoms with Gasteiger partial charge in [0, 0.05) is 5.69 Å². The lowest BCUT2D eigenvalue weighted by Gasteiger charge is -2.29. The molecular formula is C10H17N3O4S. The first kappa shape index (κ1) is 14.9. The van der Waals surface area contributed by atoms with Crippen LogP contribution in [-0.4, -0.2) is 36.1 Å². The molecule has 0 spiro atoms. The maximum absolute atomic E-state index is 11.0. The molecule has 1 aromatic rings. The third kappa shape index (κ3) is 3.93. The van der Waals surface area contributed by atoms with Crippen LogP contribution in [0.3, 0.4) is 0 Å². The van der Waals surface area contributed by atoms with Crippen molar-refractivity contribution in [3.05, 3.63) is 24.3 Å². The third-order valence-corrected chi connectivity index (χ3v) is 3.18. The van der Waals surface area contributed by atoms with E-state index in [0.29, 0.717) is 5.69 Å². The lowest BCUT2D eigenvalue weighted by molar-refractivity contribution is -0.0671. The van der Waals surface area contributed by atoms with Gasteiger partial charge in [-0.15, -0.1) is 0 Å². The summed E-state index contributed by atoms with van der Waals surface area (Å²) >= 11 is 0. The topological polar surface area (TPSA) is 116 Å². The van der Waals surface area contributed by atoms with Crippen molar-refractivity contribution >= 4 is 15.7 Å². The zero-order valence-electron chi connectivity index (χ0n) is 10.1. The number of rotatable bonds is 5. The Hall–Kier alpha value is -1.19. The Morgan fingerprint density at radius 1 is 1.17 bits per heavy atom. The number of anilines is 1. The second-order valence-electron chi connectivity index (χ2n) is 3.85. The molecule has 0 aliphatic heterocycles. The van der Waals surface area contributed by atoms with Crippen LogP contribution in [0.15, 0.2) is 29.2 Å². The Morgan fingerprint density at radius 3 is 1.94 bits per heavy atom. The number of nitrogens with two attached hydrogens (primary N) is 1. The summed E-state index contributed by atoms with van der Waals surface area (Å²) in [7, 11) is -3.72. The SMILES string of the molecule is CC(O)N(Nc1ccc(S(N)(=O)=O)cc1)C(C)O. The molecule has 0 aliphatic rings. The minimum atomic E-state index is -3.72. The average molecular weight is 275 g/mol. The summed E-state index contributed by atoms with van der Waals surface area (Å²) in [5.74, 6) is 0. The normalized spacial score (nSPS) is 15.4. The lowest BCUT2D eigenvalue weighted by Crippen LogP contribution is -2.44. The van der Waals surface area contributed by atoms with Gasteiger partial charge in [0.25, 0.3) is 0 Å². The Labute approximate surface area is 106 Å². The van der Waals surface area contributed by atoms with E-state index >= 15 is 0 Å². The molecule has 0 saturated heterocycles. The van der Waals surface area contributed by atoms with Crippen LogP contribution in [0.4, 0.5) is 5.69 Å². The van der Waals surface area contributed by atoms with Crippen LogP contribution in [0, 0.1) is 0 Å². The Morgan fingerprint density at radius 2 is 1.61 bits per heavy atom. The van der Waals surface area contributed by atoms with Gasteiger partial charge in [0.2, 0.25) is 10.0 Å². The van der Waals surface area contributed by atoms with Gasteiger partial charge in [-0.1, -0.05) is 0 Å². The predicted molar refractivity (Wildman–Crippen MR) is 66.6 cm³/mol. The van der Waals surface area contributed by atoms with Crippen molar-refractivity contribution in [1.82, 2.24) is 5.01 Å². The zero-order chi connectivity index (χ0) is 13.9. The Bertz CT molecular complexity index is 476. The number of aliphatic hydroxyl groups is 2. The minimum absolute atomic E-state index is 0.00584. The summed E-state index contributed by atoms with van der Waals surface area (Å²) in [5.41, 5.74) is 3.27. The van der Waals surface area contributed by atoms with Crippen LogP contribution in [0.5, 0.6) is 0 Å². The van der Waals surface area contributed by atoms with Crippen molar-refractivity contribution in [1.29, 1.82) is 0 Å². The van der Waals surface area contributed by atoms with Crippen molar-refractivity contribution in [3.63, 3.8) is 0 Å². The maximum atomic E-state index is 11.0. The largest absolute Gasteiger partial charge is 0.377 e. The first-order valence-electron chi connectivity index (χ1n) is 5.26. The van der Waals surface area contributed by atoms with E-state index in [9.17, 15) is 18.6 Å². The first-order chi connectivity index (χ1) is 8.21.